The Bertz CT molecular complexity index is 80.6. The van der Waals surface area contributed by atoms with Gasteiger partial charge in [-0.15, -0.1) is 0 Å². The Labute approximate surface area is 81.4 Å². The van der Waals surface area contributed by atoms with Crippen LogP contribution < -0.4 is 10.2 Å². The van der Waals surface area contributed by atoms with Crippen molar-refractivity contribution in [1.82, 2.24) is 0 Å². The third-order valence-electron chi connectivity index (χ3n) is 0.365. The maximum atomic E-state index is 9.60. The minimum Gasteiger partial charge on any atom is -0.857 e. The summed E-state index contributed by atoms with van der Waals surface area (Å²) in [4.78, 5) is 9.60. The molecule has 0 radical (unpaired) electrons. The van der Waals surface area contributed by atoms with E-state index in [4.69, 9.17) is 15.3 Å². The molecule has 0 aromatic carbocycles. The summed E-state index contributed by atoms with van der Waals surface area (Å²) in [5.74, 6) is -0.935. The van der Waals surface area contributed by atoms with Crippen molar-refractivity contribution in [2.24, 2.45) is 0 Å². The second-order valence-corrected chi connectivity index (χ2v) is 1.09. The molecule has 0 unspecified atom stereocenters. The number of hydrogen-bond acceptors (Lipinski definition) is 3. The summed E-state index contributed by atoms with van der Waals surface area (Å²) < 4.78 is 0. The van der Waals surface area contributed by atoms with E-state index in [2.05, 4.69) is 6.58 Å². The Hall–Kier alpha value is -0.156. The number of carbonyl (C=O) groups is 1. The van der Waals surface area contributed by atoms with Crippen molar-refractivity contribution in [2.45, 2.75) is 6.92 Å². The van der Waals surface area contributed by atoms with Crippen molar-refractivity contribution in [3.63, 3.8) is 0 Å². The molecule has 0 aliphatic heterocycles. The molecule has 0 aromatic heterocycles. The van der Waals surface area contributed by atoms with Gasteiger partial charge in [0.25, 0.3) is 0 Å². The molecule has 5 heteroatoms. The van der Waals surface area contributed by atoms with Crippen LogP contribution in [0.2, 0.25) is 0 Å². The Morgan fingerprint density at radius 1 is 1.27 bits per heavy atom. The van der Waals surface area contributed by atoms with E-state index in [1.165, 1.54) is 6.92 Å². The maximum absolute atomic E-state index is 9.60. The van der Waals surface area contributed by atoms with Gasteiger partial charge in [-0.05, 0) is 6.92 Å². The van der Waals surface area contributed by atoms with Gasteiger partial charge in [0, 0.05) is 5.57 Å². The van der Waals surface area contributed by atoms with Gasteiger partial charge in [0.2, 0.25) is 0 Å². The zero-order valence-corrected chi connectivity index (χ0v) is 8.44. The molecular formula is C6H12O4Ti. The molecule has 0 saturated carbocycles. The average Bonchev–Trinajstić information content (AvgIpc) is 1.96. The summed E-state index contributed by atoms with van der Waals surface area (Å²) in [5, 5.41) is 24.4. The monoisotopic (exact) mass is 196 g/mol. The maximum Gasteiger partial charge on any atom is 2.00 e. The first-order chi connectivity index (χ1) is 4.64. The number of rotatable bonds is 1. The Kier molecular flexibility index (Phi) is 46.0. The van der Waals surface area contributed by atoms with E-state index < -0.39 is 5.97 Å². The molecule has 0 aliphatic carbocycles. The summed E-state index contributed by atoms with van der Waals surface area (Å²) in [5.41, 5.74) is 0.176. The molecule has 4 nitrogen and oxygen atoms in total. The van der Waals surface area contributed by atoms with Crippen molar-refractivity contribution in [2.75, 3.05) is 14.2 Å². The molecule has 0 aromatic rings. The second kappa shape index (κ2) is 22.5. The van der Waals surface area contributed by atoms with Crippen LogP contribution in [0.25, 0.3) is 0 Å². The third kappa shape index (κ3) is 41.0. The number of carboxylic acids is 1. The van der Waals surface area contributed by atoms with E-state index >= 15 is 0 Å². The molecule has 1 N–H and O–H groups in total. The predicted molar refractivity (Wildman–Crippen MR) is 34.3 cm³/mol. The quantitative estimate of drug-likeness (QED) is 0.412. The van der Waals surface area contributed by atoms with Gasteiger partial charge in [-0.3, -0.25) is 0 Å². The number of hydrogen-bond donors (Lipinski definition) is 1. The van der Waals surface area contributed by atoms with Gasteiger partial charge in [0.05, 0.1) is 0 Å². The van der Waals surface area contributed by atoms with Crippen LogP contribution in [0, 0.1) is 0 Å². The standard InChI is InChI=1S/C4H6O2.2CH3O.Ti/c1-3(2)4(5)6;2*1-2;/h1H2,2H3,(H,5,6);2*1H3;/q;2*-1;+2. The van der Waals surface area contributed by atoms with Crippen molar-refractivity contribution < 1.29 is 41.8 Å². The summed E-state index contributed by atoms with van der Waals surface area (Å²) in [6.07, 6.45) is 0. The van der Waals surface area contributed by atoms with Crippen molar-refractivity contribution in [3.8, 4) is 0 Å². The fraction of sp³-hybridized carbons (Fsp3) is 0.500. The first kappa shape index (κ1) is 22.4. The van der Waals surface area contributed by atoms with Crippen LogP contribution >= 0.6 is 0 Å². The molecular weight excluding hydrogens is 184 g/mol. The second-order valence-electron chi connectivity index (χ2n) is 1.09. The molecule has 64 valence electrons. The third-order valence-corrected chi connectivity index (χ3v) is 0.365. The van der Waals surface area contributed by atoms with Crippen LogP contribution in [0.3, 0.4) is 0 Å². The average molecular weight is 196 g/mol. The fourth-order valence-electron chi connectivity index (χ4n) is 0. The molecule has 0 atom stereocenters. The van der Waals surface area contributed by atoms with Crippen molar-refractivity contribution >= 4 is 5.97 Å². The molecule has 0 amide bonds. The van der Waals surface area contributed by atoms with E-state index in [-0.39, 0.29) is 27.3 Å². The Morgan fingerprint density at radius 3 is 1.36 bits per heavy atom. The molecule has 0 fully saturated rings. The Morgan fingerprint density at radius 2 is 1.36 bits per heavy atom. The van der Waals surface area contributed by atoms with Gasteiger partial charge in [0.15, 0.2) is 0 Å². The van der Waals surface area contributed by atoms with Crippen LogP contribution in [0.15, 0.2) is 12.2 Å². The van der Waals surface area contributed by atoms with E-state index in [0.717, 1.165) is 14.2 Å². The molecule has 0 saturated heterocycles. The van der Waals surface area contributed by atoms with E-state index in [9.17, 15) is 4.79 Å². The van der Waals surface area contributed by atoms with Gasteiger partial charge in [-0.1, -0.05) is 6.58 Å². The SMILES string of the molecule is C=C(C)C(=O)O.C[O-].C[O-].[Ti+2]. The van der Waals surface area contributed by atoms with Gasteiger partial charge >= 0.3 is 27.7 Å². The van der Waals surface area contributed by atoms with Crippen LogP contribution in [-0.2, 0) is 26.5 Å². The summed E-state index contributed by atoms with van der Waals surface area (Å²) >= 11 is 0. The fourth-order valence-corrected chi connectivity index (χ4v) is 0. The number of aliphatic carboxylic acids is 1. The zero-order valence-electron chi connectivity index (χ0n) is 6.88. The van der Waals surface area contributed by atoms with Gasteiger partial charge in [-0.25, -0.2) is 4.79 Å². The molecule has 0 bridgehead atoms. The van der Waals surface area contributed by atoms with Crippen LogP contribution in [0.1, 0.15) is 6.92 Å². The molecule has 0 spiro atoms. The van der Waals surface area contributed by atoms with E-state index in [1.54, 1.807) is 0 Å². The molecule has 0 heterocycles. The van der Waals surface area contributed by atoms with Crippen LogP contribution in [0.4, 0.5) is 0 Å². The van der Waals surface area contributed by atoms with Gasteiger partial charge < -0.3 is 15.3 Å². The summed E-state index contributed by atoms with van der Waals surface area (Å²) in [7, 11) is 1.50. The normalized spacial score (nSPS) is 5.18. The number of carboxylic acid groups (broad SMARTS) is 1. The zero-order chi connectivity index (χ0) is 9.15. The topological polar surface area (TPSA) is 83.4 Å². The van der Waals surface area contributed by atoms with Gasteiger partial charge in [0.1, 0.15) is 0 Å². The first-order valence-electron chi connectivity index (χ1n) is 2.35. The minimum absolute atomic E-state index is 0. The van der Waals surface area contributed by atoms with Gasteiger partial charge in [-0.2, -0.15) is 14.2 Å². The van der Waals surface area contributed by atoms with E-state index in [1.807, 2.05) is 0 Å². The first-order valence-corrected chi connectivity index (χ1v) is 2.35. The Balaban J connectivity index is -0.0000000428. The molecule has 0 rings (SSSR count). The smallest absolute Gasteiger partial charge is 0.857 e. The summed E-state index contributed by atoms with van der Waals surface area (Å²) in [6, 6.07) is 0. The molecule has 11 heavy (non-hydrogen) atoms. The molecule has 0 aliphatic rings. The minimum atomic E-state index is -0.935. The summed E-state index contributed by atoms with van der Waals surface area (Å²) in [6.45, 7) is 4.60. The van der Waals surface area contributed by atoms with Crippen LogP contribution in [-0.4, -0.2) is 25.3 Å². The van der Waals surface area contributed by atoms with E-state index in [0.29, 0.717) is 0 Å². The van der Waals surface area contributed by atoms with Crippen molar-refractivity contribution in [1.29, 1.82) is 0 Å². The largest absolute Gasteiger partial charge is 2.00 e. The van der Waals surface area contributed by atoms with Crippen LogP contribution in [0.5, 0.6) is 0 Å². The van der Waals surface area contributed by atoms with Crippen molar-refractivity contribution in [3.05, 3.63) is 12.2 Å². The predicted octanol–water partition coefficient (Wildman–Crippen LogP) is -1.40.